The largest absolute Gasteiger partial charge is 0.457 e. The first-order chi connectivity index (χ1) is 37.7. The normalized spacial score (nSPS) is 12.9. The van der Waals surface area contributed by atoms with Gasteiger partial charge in [-0.2, -0.15) is 0 Å². The summed E-state index contributed by atoms with van der Waals surface area (Å²) in [6.45, 7) is 0. The van der Waals surface area contributed by atoms with Gasteiger partial charge in [0.15, 0.2) is 17.5 Å². The van der Waals surface area contributed by atoms with E-state index < -0.39 is 5.41 Å². The zero-order valence-corrected chi connectivity index (χ0v) is 41.0. The number of aromatic nitrogens is 5. The molecule has 0 atom stereocenters. The molecule has 6 nitrogen and oxygen atoms in total. The standard InChI is InChI=1S/C70H43N5O/c1-5-19-44(20-6-1)67-71-68(45-21-7-2-8-22-45)73-69(72-67)48-34-37-58-53(41-48)52-39-46(33-36-57(52)70(58)59-28-14-17-31-65(59)76-66-32-18-15-29-60(66)70)47-35-38-62-54(40-47)56-43-63-55(42-64(56)75(62)50-25-11-4-12-26-50)51-27-13-16-30-61(51)74(63)49-23-9-3-10-24-49/h1-43H. The van der Waals surface area contributed by atoms with Crippen molar-refractivity contribution in [3.8, 4) is 79.3 Å². The van der Waals surface area contributed by atoms with Crippen LogP contribution in [-0.4, -0.2) is 24.1 Å². The summed E-state index contributed by atoms with van der Waals surface area (Å²) in [7, 11) is 0. The van der Waals surface area contributed by atoms with E-state index in [2.05, 4.69) is 234 Å². The van der Waals surface area contributed by atoms with Crippen molar-refractivity contribution in [3.05, 3.63) is 283 Å². The third-order valence-electron chi connectivity index (χ3n) is 15.8. The van der Waals surface area contributed by atoms with Crippen LogP contribution in [0.5, 0.6) is 11.5 Å². The SMILES string of the molecule is c1ccc(-c2nc(-c3ccccc3)nc(-c3ccc4c(c3)-c3cc(-c5ccc6c(c5)c5cc7c(cc5n6-c5ccccc5)c5ccccc5n7-c5ccccc5)ccc3C43c4ccccc4Oc4ccccc43)n2)cc1. The zero-order chi connectivity index (χ0) is 49.9. The van der Waals surface area contributed by atoms with E-state index in [-0.39, 0.29) is 0 Å². The van der Waals surface area contributed by atoms with E-state index in [4.69, 9.17) is 19.7 Å². The molecular weight excluding hydrogens is 927 g/mol. The minimum Gasteiger partial charge on any atom is -0.457 e. The summed E-state index contributed by atoms with van der Waals surface area (Å²) in [6.07, 6.45) is 0. The molecule has 4 heterocycles. The molecule has 0 saturated carbocycles. The van der Waals surface area contributed by atoms with E-state index in [0.29, 0.717) is 17.5 Å². The topological polar surface area (TPSA) is 57.8 Å². The van der Waals surface area contributed by atoms with E-state index >= 15 is 0 Å². The van der Waals surface area contributed by atoms with Crippen LogP contribution in [-0.2, 0) is 5.41 Å². The van der Waals surface area contributed by atoms with Gasteiger partial charge in [0.05, 0.1) is 27.5 Å². The fourth-order valence-corrected chi connectivity index (χ4v) is 12.5. The lowest BCUT2D eigenvalue weighted by atomic mass is 9.66. The van der Waals surface area contributed by atoms with Gasteiger partial charge in [-0.3, -0.25) is 0 Å². The van der Waals surface area contributed by atoms with Crippen molar-refractivity contribution in [2.75, 3.05) is 0 Å². The molecule has 3 aromatic heterocycles. The Balaban J connectivity index is 0.938. The number of ether oxygens (including phenoxy) is 1. The van der Waals surface area contributed by atoms with Crippen molar-refractivity contribution in [1.82, 2.24) is 24.1 Å². The molecule has 0 N–H and O–H groups in total. The maximum absolute atomic E-state index is 6.75. The maximum atomic E-state index is 6.75. The molecule has 6 heteroatoms. The third kappa shape index (κ3) is 6.19. The summed E-state index contributed by atoms with van der Waals surface area (Å²) in [5.74, 6) is 3.57. The van der Waals surface area contributed by atoms with Gasteiger partial charge in [0.25, 0.3) is 0 Å². The van der Waals surface area contributed by atoms with E-state index in [9.17, 15) is 0 Å². The summed E-state index contributed by atoms with van der Waals surface area (Å²) in [4.78, 5) is 15.4. The summed E-state index contributed by atoms with van der Waals surface area (Å²) in [6, 6.07) is 93.4. The van der Waals surface area contributed by atoms with Gasteiger partial charge in [-0.25, -0.2) is 15.0 Å². The smallest absolute Gasteiger partial charge is 0.164 e. The van der Waals surface area contributed by atoms with Crippen LogP contribution in [0.3, 0.4) is 0 Å². The molecule has 354 valence electrons. The van der Waals surface area contributed by atoms with E-state index in [1.165, 1.54) is 49.2 Å². The molecule has 16 rings (SSSR count). The number of benzene rings is 11. The first kappa shape index (κ1) is 42.3. The van der Waals surface area contributed by atoms with Crippen LogP contribution < -0.4 is 4.74 Å². The van der Waals surface area contributed by atoms with Crippen molar-refractivity contribution in [2.24, 2.45) is 0 Å². The minimum atomic E-state index is -0.660. The van der Waals surface area contributed by atoms with Crippen LogP contribution in [0, 0.1) is 0 Å². The summed E-state index contributed by atoms with van der Waals surface area (Å²) in [5.41, 5.74) is 18.2. The lowest BCUT2D eigenvalue weighted by Crippen LogP contribution is -2.32. The van der Waals surface area contributed by atoms with Gasteiger partial charge in [0.2, 0.25) is 0 Å². The molecular formula is C70H43N5O. The molecule has 11 aromatic carbocycles. The van der Waals surface area contributed by atoms with Crippen molar-refractivity contribution in [1.29, 1.82) is 0 Å². The van der Waals surface area contributed by atoms with Gasteiger partial charge in [0, 0.05) is 60.7 Å². The zero-order valence-electron chi connectivity index (χ0n) is 41.0. The van der Waals surface area contributed by atoms with Crippen molar-refractivity contribution in [3.63, 3.8) is 0 Å². The molecule has 14 aromatic rings. The van der Waals surface area contributed by atoms with Crippen LogP contribution in [0.15, 0.2) is 261 Å². The number of hydrogen-bond donors (Lipinski definition) is 0. The average Bonchev–Trinajstić information content (AvgIpc) is 4.27. The molecule has 0 fully saturated rings. The molecule has 0 radical (unpaired) electrons. The van der Waals surface area contributed by atoms with Gasteiger partial charge in [0.1, 0.15) is 11.5 Å². The Hall–Kier alpha value is -10.2. The molecule has 1 aliphatic carbocycles. The number of para-hydroxylation sites is 5. The predicted molar refractivity (Wildman–Crippen MR) is 308 cm³/mol. The lowest BCUT2D eigenvalue weighted by molar-refractivity contribution is 0.436. The Morgan fingerprint density at radius 3 is 1.26 bits per heavy atom. The van der Waals surface area contributed by atoms with Gasteiger partial charge in [-0.15, -0.1) is 0 Å². The molecule has 2 aliphatic rings. The highest BCUT2D eigenvalue weighted by molar-refractivity contribution is 6.19. The summed E-state index contributed by atoms with van der Waals surface area (Å²) in [5, 5.41) is 4.83. The highest BCUT2D eigenvalue weighted by atomic mass is 16.5. The quantitative estimate of drug-likeness (QED) is 0.167. The van der Waals surface area contributed by atoms with Crippen LogP contribution in [0.1, 0.15) is 22.3 Å². The van der Waals surface area contributed by atoms with E-state index in [1.807, 2.05) is 36.4 Å². The fourth-order valence-electron chi connectivity index (χ4n) is 12.5. The molecule has 0 unspecified atom stereocenters. The van der Waals surface area contributed by atoms with E-state index in [1.54, 1.807) is 0 Å². The van der Waals surface area contributed by atoms with E-state index in [0.717, 1.165) is 78.5 Å². The predicted octanol–water partition coefficient (Wildman–Crippen LogP) is 17.2. The second kappa shape index (κ2) is 16.4. The maximum Gasteiger partial charge on any atom is 0.164 e. The second-order valence-electron chi connectivity index (χ2n) is 19.9. The molecule has 0 amide bonds. The Morgan fingerprint density at radius 1 is 0.276 bits per heavy atom. The van der Waals surface area contributed by atoms with Gasteiger partial charge in [-0.05, 0) is 112 Å². The van der Waals surface area contributed by atoms with Crippen LogP contribution in [0.25, 0.3) is 111 Å². The van der Waals surface area contributed by atoms with Gasteiger partial charge >= 0.3 is 0 Å². The van der Waals surface area contributed by atoms with Gasteiger partial charge in [-0.1, -0.05) is 182 Å². The second-order valence-corrected chi connectivity index (χ2v) is 19.9. The first-order valence-electron chi connectivity index (χ1n) is 25.8. The van der Waals surface area contributed by atoms with Crippen LogP contribution in [0.2, 0.25) is 0 Å². The number of nitrogens with zero attached hydrogens (tertiary/aromatic N) is 5. The molecule has 76 heavy (non-hydrogen) atoms. The van der Waals surface area contributed by atoms with Gasteiger partial charge < -0.3 is 13.9 Å². The van der Waals surface area contributed by atoms with Crippen molar-refractivity contribution < 1.29 is 4.74 Å². The van der Waals surface area contributed by atoms with Crippen molar-refractivity contribution >= 4 is 43.6 Å². The fraction of sp³-hybridized carbons (Fsp3) is 0.0143. The third-order valence-corrected chi connectivity index (χ3v) is 15.8. The van der Waals surface area contributed by atoms with Crippen LogP contribution in [0.4, 0.5) is 0 Å². The number of fused-ring (bicyclic) bond motifs is 15. The van der Waals surface area contributed by atoms with Crippen molar-refractivity contribution in [2.45, 2.75) is 5.41 Å². The number of hydrogen-bond acceptors (Lipinski definition) is 4. The molecule has 0 saturated heterocycles. The number of rotatable bonds is 6. The summed E-state index contributed by atoms with van der Waals surface area (Å²) >= 11 is 0. The monoisotopic (exact) mass is 969 g/mol. The Bertz CT molecular complexity index is 4550. The molecule has 0 bridgehead atoms. The highest BCUT2D eigenvalue weighted by Crippen LogP contribution is 2.63. The van der Waals surface area contributed by atoms with Crippen LogP contribution >= 0.6 is 0 Å². The lowest BCUT2D eigenvalue weighted by Gasteiger charge is -2.39. The Labute approximate surface area is 438 Å². The minimum absolute atomic E-state index is 0.614. The summed E-state index contributed by atoms with van der Waals surface area (Å²) < 4.78 is 11.6. The first-order valence-corrected chi connectivity index (χ1v) is 25.8. The average molecular weight is 970 g/mol. The molecule has 1 aliphatic heterocycles. The molecule has 1 spiro atoms. The highest BCUT2D eigenvalue weighted by Gasteiger charge is 2.51. The Kier molecular flexibility index (Phi) is 9.15. The Morgan fingerprint density at radius 2 is 0.684 bits per heavy atom.